The highest BCUT2D eigenvalue weighted by molar-refractivity contribution is 5.75. The van der Waals surface area contributed by atoms with Gasteiger partial charge < -0.3 is 20.2 Å². The summed E-state index contributed by atoms with van der Waals surface area (Å²) in [5, 5.41) is 13.5. The Morgan fingerprint density at radius 3 is 2.78 bits per heavy atom. The molecule has 2 aromatic heterocycles. The maximum absolute atomic E-state index is 12.3. The van der Waals surface area contributed by atoms with E-state index in [2.05, 4.69) is 27.2 Å². The van der Waals surface area contributed by atoms with E-state index < -0.39 is 5.60 Å². The number of piperidine rings is 1. The average Bonchev–Trinajstić information content (AvgIpc) is 3.20. The monoisotopic (exact) mass is 445 g/mol. The van der Waals surface area contributed by atoms with Crippen LogP contribution in [0.1, 0.15) is 45.9 Å². The molecule has 0 radical (unpaired) electrons. The van der Waals surface area contributed by atoms with Gasteiger partial charge in [0, 0.05) is 13.1 Å². The molecule has 0 aliphatic carbocycles. The number of nitrogens with zero attached hydrogens (tertiary/aromatic N) is 7. The highest BCUT2D eigenvalue weighted by atomic mass is 16.6. The lowest BCUT2D eigenvalue weighted by Crippen LogP contribution is -2.45. The molecule has 1 saturated heterocycles. The summed E-state index contributed by atoms with van der Waals surface area (Å²) in [7, 11) is 0. The van der Waals surface area contributed by atoms with Crippen LogP contribution in [0.2, 0.25) is 0 Å². The molecule has 0 aromatic carbocycles. The third-order valence-electron chi connectivity index (χ3n) is 4.93. The summed E-state index contributed by atoms with van der Waals surface area (Å²) in [6.45, 7) is 9.14. The van der Waals surface area contributed by atoms with Crippen LogP contribution in [0.25, 0.3) is 0 Å². The normalized spacial score (nSPS) is 19.2. The zero-order valence-electron chi connectivity index (χ0n) is 18.9. The van der Waals surface area contributed by atoms with Crippen LogP contribution in [0.5, 0.6) is 5.75 Å². The molecular weight excluding hydrogens is 414 g/mol. The van der Waals surface area contributed by atoms with Crippen molar-refractivity contribution >= 4 is 18.2 Å². The van der Waals surface area contributed by atoms with E-state index in [1.807, 2.05) is 20.8 Å². The minimum absolute atomic E-state index is 0.100. The largest absolute Gasteiger partial charge is 0.486 e. The van der Waals surface area contributed by atoms with Crippen molar-refractivity contribution in [3.05, 3.63) is 30.2 Å². The molecule has 0 spiro atoms. The Kier molecular flexibility index (Phi) is 7.13. The van der Waals surface area contributed by atoms with Crippen molar-refractivity contribution in [2.24, 2.45) is 22.7 Å². The van der Waals surface area contributed by atoms with Gasteiger partial charge >= 0.3 is 6.09 Å². The third-order valence-corrected chi connectivity index (χ3v) is 4.93. The number of rotatable bonds is 6. The molecule has 1 fully saturated rings. The zero-order chi connectivity index (χ0) is 23.3. The van der Waals surface area contributed by atoms with Crippen molar-refractivity contribution in [3.63, 3.8) is 0 Å². The van der Waals surface area contributed by atoms with Gasteiger partial charge in [-0.1, -0.05) is 6.92 Å². The maximum Gasteiger partial charge on any atom is 0.410 e. The number of hydrogen-bond acceptors (Lipinski definition) is 9. The Balaban J connectivity index is 1.53. The number of hydrogen-bond donors (Lipinski definition) is 2. The van der Waals surface area contributed by atoms with Gasteiger partial charge in [-0.3, -0.25) is 0 Å². The molecule has 2 aromatic rings. The van der Waals surface area contributed by atoms with E-state index in [0.717, 1.165) is 6.42 Å². The number of nitrogens with two attached hydrogens (primary N) is 2. The fraction of sp³-hybridized carbons (Fsp3) is 0.550. The van der Waals surface area contributed by atoms with E-state index in [9.17, 15) is 4.79 Å². The number of amides is 1. The van der Waals surface area contributed by atoms with Crippen molar-refractivity contribution in [2.75, 3.05) is 18.1 Å². The number of ether oxygens (including phenoxy) is 2. The fourth-order valence-electron chi connectivity index (χ4n) is 3.40. The molecule has 1 aliphatic rings. The highest BCUT2D eigenvalue weighted by Gasteiger charge is 2.33. The Bertz CT molecular complexity index is 923. The first-order chi connectivity index (χ1) is 15.2. The Morgan fingerprint density at radius 2 is 2.16 bits per heavy atom. The Morgan fingerprint density at radius 1 is 1.38 bits per heavy atom. The summed E-state index contributed by atoms with van der Waals surface area (Å²) in [5.41, 5.74) is 0.194. The third kappa shape index (κ3) is 6.06. The molecule has 12 heteroatoms. The lowest BCUT2D eigenvalue weighted by atomic mass is 9.95. The summed E-state index contributed by atoms with van der Waals surface area (Å²) in [6, 6.07) is 3.53. The van der Waals surface area contributed by atoms with Crippen LogP contribution in [0, 0.1) is 5.92 Å². The van der Waals surface area contributed by atoms with Gasteiger partial charge in [0.2, 0.25) is 0 Å². The number of likely N-dealkylation sites (tertiary alicyclic amines) is 1. The van der Waals surface area contributed by atoms with E-state index in [0.29, 0.717) is 30.4 Å². The first kappa shape index (κ1) is 23.3. The van der Waals surface area contributed by atoms with Gasteiger partial charge in [-0.2, -0.15) is 20.1 Å². The van der Waals surface area contributed by atoms with E-state index in [1.165, 1.54) is 11.3 Å². The number of aromatic nitrogens is 4. The van der Waals surface area contributed by atoms with Gasteiger partial charge in [-0.05, 0) is 45.2 Å². The van der Waals surface area contributed by atoms with Crippen molar-refractivity contribution in [3.8, 4) is 5.75 Å². The lowest BCUT2D eigenvalue weighted by molar-refractivity contribution is 0.0109. The molecule has 1 aliphatic heterocycles. The summed E-state index contributed by atoms with van der Waals surface area (Å²) >= 11 is 0. The van der Waals surface area contributed by atoms with Gasteiger partial charge in [0.25, 0.3) is 0 Å². The predicted octanol–water partition coefficient (Wildman–Crippen LogP) is 1.65. The van der Waals surface area contributed by atoms with Gasteiger partial charge in [0.15, 0.2) is 0 Å². The van der Waals surface area contributed by atoms with Crippen LogP contribution in [0.15, 0.2) is 29.6 Å². The highest BCUT2D eigenvalue weighted by Crippen LogP contribution is 2.28. The van der Waals surface area contributed by atoms with Crippen molar-refractivity contribution in [1.29, 1.82) is 0 Å². The molecule has 2 unspecified atom stereocenters. The number of carbonyl (C=O) groups excluding carboxylic acids is 1. The predicted molar refractivity (Wildman–Crippen MR) is 119 cm³/mol. The van der Waals surface area contributed by atoms with Gasteiger partial charge in [0.1, 0.15) is 35.8 Å². The summed E-state index contributed by atoms with van der Waals surface area (Å²) < 4.78 is 11.2. The minimum atomic E-state index is -0.506. The molecule has 174 valence electrons. The second kappa shape index (κ2) is 9.81. The van der Waals surface area contributed by atoms with Crippen molar-refractivity contribution < 1.29 is 14.3 Å². The zero-order valence-corrected chi connectivity index (χ0v) is 18.9. The van der Waals surface area contributed by atoms with Crippen molar-refractivity contribution in [1.82, 2.24) is 24.9 Å². The number of carbonyl (C=O) groups is 1. The molecule has 32 heavy (non-hydrogen) atoms. The lowest BCUT2D eigenvalue weighted by Gasteiger charge is -2.36. The van der Waals surface area contributed by atoms with E-state index >= 15 is 0 Å². The summed E-state index contributed by atoms with van der Waals surface area (Å²) in [5.74, 6) is 12.0. The quantitative estimate of drug-likeness (QED) is 0.293. The molecule has 0 bridgehead atoms. The topological polar surface area (TPSA) is 150 Å². The van der Waals surface area contributed by atoms with Crippen LogP contribution < -0.4 is 21.4 Å². The smallest absolute Gasteiger partial charge is 0.410 e. The van der Waals surface area contributed by atoms with Crippen LogP contribution >= 0.6 is 0 Å². The van der Waals surface area contributed by atoms with E-state index in [1.54, 1.807) is 34.2 Å². The molecule has 3 rings (SSSR count). The van der Waals surface area contributed by atoms with Crippen molar-refractivity contribution in [2.45, 2.75) is 52.4 Å². The Hall–Kier alpha value is -3.41. The van der Waals surface area contributed by atoms with Gasteiger partial charge in [-0.25, -0.2) is 20.6 Å². The number of pyridine rings is 1. The SMILES string of the molecule is CC1CN(C(=O)OC(C)(C)C)CCC1n1ncc(COc2ccc(N(N)/C=N\N)nc2)n1. The molecule has 0 saturated carbocycles. The van der Waals surface area contributed by atoms with Gasteiger partial charge in [-0.15, -0.1) is 0 Å². The standard InChI is InChI=1S/C20H31N9O3/c1-14-11-27(19(30)32-20(2,3)4)8-7-17(14)29-25-9-15(26-29)12-31-16-5-6-18(23-10-16)28(22)13-24-21/h5-6,9-10,13-14,17H,7-8,11-12,21-22H2,1-4H3/b24-13-. The van der Waals surface area contributed by atoms with Crippen LogP contribution in [0.3, 0.4) is 0 Å². The minimum Gasteiger partial charge on any atom is -0.486 e. The Labute approximate surface area is 187 Å². The first-order valence-corrected chi connectivity index (χ1v) is 10.4. The summed E-state index contributed by atoms with van der Waals surface area (Å²) in [6.07, 6.45) is 4.97. The number of anilines is 1. The summed E-state index contributed by atoms with van der Waals surface area (Å²) in [4.78, 5) is 20.0. The van der Waals surface area contributed by atoms with Gasteiger partial charge in [0.05, 0.1) is 18.4 Å². The molecular formula is C20H31N9O3. The molecule has 1 amide bonds. The molecule has 3 heterocycles. The molecule has 12 nitrogen and oxygen atoms in total. The second-order valence-corrected chi connectivity index (χ2v) is 8.73. The molecule has 2 atom stereocenters. The second-order valence-electron chi connectivity index (χ2n) is 8.73. The maximum atomic E-state index is 12.3. The van der Waals surface area contributed by atoms with E-state index in [4.69, 9.17) is 21.2 Å². The number of hydrazine groups is 1. The van der Waals surface area contributed by atoms with Crippen LogP contribution in [-0.2, 0) is 11.3 Å². The fourth-order valence-corrected chi connectivity index (χ4v) is 3.40. The van der Waals surface area contributed by atoms with Crippen LogP contribution in [-0.4, -0.2) is 56.0 Å². The number of hydrazone groups is 1. The molecule has 4 N–H and O–H groups in total. The van der Waals surface area contributed by atoms with Crippen LogP contribution in [0.4, 0.5) is 10.6 Å². The first-order valence-electron chi connectivity index (χ1n) is 10.4. The van der Waals surface area contributed by atoms with E-state index in [-0.39, 0.29) is 24.7 Å². The average molecular weight is 446 g/mol.